The van der Waals surface area contributed by atoms with Crippen LogP contribution in [0, 0.1) is 10.1 Å². The number of rotatable bonds is 1. The molecule has 0 saturated heterocycles. The molecule has 0 amide bonds. The number of benzene rings is 1. The van der Waals surface area contributed by atoms with Crippen molar-refractivity contribution in [3.63, 3.8) is 0 Å². The lowest BCUT2D eigenvalue weighted by Crippen LogP contribution is -2.21. The topological polar surface area (TPSA) is 78.4 Å². The lowest BCUT2D eigenvalue weighted by Gasteiger charge is -2.23. The Morgan fingerprint density at radius 1 is 1.56 bits per heavy atom. The molecule has 0 aliphatic carbocycles. The van der Waals surface area contributed by atoms with Gasteiger partial charge in [0.05, 0.1) is 11.5 Å². The fraction of sp³-hybridized carbons (Fsp3) is 0.333. The molecule has 5 nitrogen and oxygen atoms in total. The number of nitro groups is 1. The highest BCUT2D eigenvalue weighted by molar-refractivity contribution is 6.31. The van der Waals surface area contributed by atoms with Gasteiger partial charge >= 0.3 is 5.69 Å². The number of ether oxygens (including phenoxy) is 1. The molecular weight excluding hydrogens is 255 g/mol. The van der Waals surface area contributed by atoms with E-state index in [0.717, 1.165) is 0 Å². The Kier molecular flexibility index (Phi) is 3.96. The molecule has 16 heavy (non-hydrogen) atoms. The van der Waals surface area contributed by atoms with E-state index < -0.39 is 4.92 Å². The van der Waals surface area contributed by atoms with Crippen molar-refractivity contribution in [1.82, 2.24) is 0 Å². The average molecular weight is 265 g/mol. The molecule has 1 heterocycles. The summed E-state index contributed by atoms with van der Waals surface area (Å²) >= 11 is 5.93. The van der Waals surface area contributed by atoms with Crippen LogP contribution in [-0.4, -0.2) is 11.5 Å². The van der Waals surface area contributed by atoms with Crippen LogP contribution < -0.4 is 10.5 Å². The number of hydrogen-bond acceptors (Lipinski definition) is 4. The second kappa shape index (κ2) is 4.86. The van der Waals surface area contributed by atoms with Crippen LogP contribution in [0.4, 0.5) is 5.69 Å². The summed E-state index contributed by atoms with van der Waals surface area (Å²) in [5, 5.41) is 11.2. The molecule has 7 heteroatoms. The average Bonchev–Trinajstić information content (AvgIpc) is 2.17. The van der Waals surface area contributed by atoms with Gasteiger partial charge in [0.15, 0.2) is 0 Å². The molecule has 1 aromatic carbocycles. The molecule has 0 saturated carbocycles. The monoisotopic (exact) mass is 264 g/mol. The molecule has 0 radical (unpaired) electrons. The first-order chi connectivity index (χ1) is 7.11. The number of hydrogen-bond donors (Lipinski definition) is 1. The number of fused-ring (bicyclic) bond motifs is 1. The first kappa shape index (κ1) is 13.0. The molecule has 1 aromatic rings. The summed E-state index contributed by atoms with van der Waals surface area (Å²) in [6, 6.07) is 2.52. The number of halogens is 2. The smallest absolute Gasteiger partial charge is 0.311 e. The SMILES string of the molecule is Cl.N[C@H]1CCOc2c([N+](=O)[O-])ccc(Cl)c21. The van der Waals surface area contributed by atoms with Crippen molar-refractivity contribution in [2.24, 2.45) is 5.73 Å². The lowest BCUT2D eigenvalue weighted by molar-refractivity contribution is -0.386. The molecule has 0 aromatic heterocycles. The summed E-state index contributed by atoms with van der Waals surface area (Å²) in [4.78, 5) is 10.2. The van der Waals surface area contributed by atoms with Crippen LogP contribution in [0.25, 0.3) is 0 Å². The van der Waals surface area contributed by atoms with Crippen molar-refractivity contribution in [2.45, 2.75) is 12.5 Å². The van der Waals surface area contributed by atoms with Gasteiger partial charge in [0.1, 0.15) is 0 Å². The van der Waals surface area contributed by atoms with Gasteiger partial charge < -0.3 is 10.5 Å². The Balaban J connectivity index is 0.00000128. The Morgan fingerprint density at radius 3 is 2.88 bits per heavy atom. The second-order valence-electron chi connectivity index (χ2n) is 3.31. The van der Waals surface area contributed by atoms with E-state index in [2.05, 4.69) is 0 Å². The third-order valence-electron chi connectivity index (χ3n) is 2.36. The molecule has 0 fully saturated rings. The van der Waals surface area contributed by atoms with Crippen molar-refractivity contribution in [1.29, 1.82) is 0 Å². The van der Waals surface area contributed by atoms with E-state index in [0.29, 0.717) is 23.6 Å². The Bertz CT molecular complexity index is 425. The fourth-order valence-corrected chi connectivity index (χ4v) is 1.93. The quantitative estimate of drug-likeness (QED) is 0.624. The fourth-order valence-electron chi connectivity index (χ4n) is 1.64. The van der Waals surface area contributed by atoms with Gasteiger partial charge in [-0.1, -0.05) is 11.6 Å². The van der Waals surface area contributed by atoms with E-state index in [1.807, 2.05) is 0 Å². The Morgan fingerprint density at radius 2 is 2.25 bits per heavy atom. The first-order valence-corrected chi connectivity index (χ1v) is 4.84. The summed E-state index contributed by atoms with van der Waals surface area (Å²) in [7, 11) is 0. The normalized spacial score (nSPS) is 18.0. The van der Waals surface area contributed by atoms with Crippen molar-refractivity contribution < 1.29 is 9.66 Å². The van der Waals surface area contributed by atoms with Crippen LogP contribution in [0.1, 0.15) is 18.0 Å². The molecule has 1 aliphatic rings. The van der Waals surface area contributed by atoms with Gasteiger partial charge in [0.2, 0.25) is 5.75 Å². The van der Waals surface area contributed by atoms with E-state index >= 15 is 0 Å². The van der Waals surface area contributed by atoms with Crippen molar-refractivity contribution in [3.8, 4) is 5.75 Å². The maximum absolute atomic E-state index is 10.7. The van der Waals surface area contributed by atoms with Crippen molar-refractivity contribution in [2.75, 3.05) is 6.61 Å². The van der Waals surface area contributed by atoms with E-state index in [9.17, 15) is 10.1 Å². The largest absolute Gasteiger partial charge is 0.486 e. The van der Waals surface area contributed by atoms with Gasteiger partial charge in [-0.3, -0.25) is 10.1 Å². The molecule has 2 N–H and O–H groups in total. The third-order valence-corrected chi connectivity index (χ3v) is 2.69. The van der Waals surface area contributed by atoms with Crippen molar-refractivity contribution in [3.05, 3.63) is 32.8 Å². The van der Waals surface area contributed by atoms with Gasteiger partial charge in [-0.2, -0.15) is 0 Å². The molecule has 0 unspecified atom stereocenters. The van der Waals surface area contributed by atoms with Gasteiger partial charge in [0.25, 0.3) is 0 Å². The van der Waals surface area contributed by atoms with Crippen LogP contribution in [0.5, 0.6) is 5.75 Å². The zero-order valence-corrected chi connectivity index (χ0v) is 9.75. The minimum Gasteiger partial charge on any atom is -0.486 e. The summed E-state index contributed by atoms with van der Waals surface area (Å²) < 4.78 is 5.26. The summed E-state index contributed by atoms with van der Waals surface area (Å²) in [5.41, 5.74) is 6.29. The van der Waals surface area contributed by atoms with Gasteiger partial charge in [-0.05, 0) is 6.07 Å². The molecule has 0 spiro atoms. The maximum Gasteiger partial charge on any atom is 0.311 e. The second-order valence-corrected chi connectivity index (χ2v) is 3.72. The van der Waals surface area contributed by atoms with Crippen molar-refractivity contribution >= 4 is 29.7 Å². The highest BCUT2D eigenvalue weighted by atomic mass is 35.5. The molecule has 2 rings (SSSR count). The third kappa shape index (κ3) is 2.07. The zero-order chi connectivity index (χ0) is 11.0. The number of nitro benzene ring substituents is 1. The first-order valence-electron chi connectivity index (χ1n) is 4.46. The van der Waals surface area contributed by atoms with Crippen LogP contribution in [0.15, 0.2) is 12.1 Å². The Labute approximate surface area is 103 Å². The van der Waals surface area contributed by atoms with Crippen LogP contribution >= 0.6 is 24.0 Å². The highest BCUT2D eigenvalue weighted by Crippen LogP contribution is 2.42. The number of nitrogens with zero attached hydrogens (tertiary/aromatic N) is 1. The summed E-state index contributed by atoms with van der Waals surface area (Å²) in [5.74, 6) is 0.214. The Hall–Kier alpha value is -1.04. The van der Waals surface area contributed by atoms with Crippen LogP contribution in [-0.2, 0) is 0 Å². The zero-order valence-electron chi connectivity index (χ0n) is 8.18. The molecule has 88 valence electrons. The van der Waals surface area contributed by atoms with Crippen LogP contribution in [0.2, 0.25) is 5.02 Å². The lowest BCUT2D eigenvalue weighted by atomic mass is 10.0. The van der Waals surface area contributed by atoms with E-state index in [-0.39, 0.29) is 29.9 Å². The van der Waals surface area contributed by atoms with Gasteiger partial charge in [-0.15, -0.1) is 12.4 Å². The van der Waals surface area contributed by atoms with Gasteiger partial charge in [-0.25, -0.2) is 0 Å². The summed E-state index contributed by atoms with van der Waals surface area (Å²) in [6.45, 7) is 0.384. The van der Waals surface area contributed by atoms with Gasteiger partial charge in [0, 0.05) is 29.1 Å². The minimum absolute atomic E-state index is 0. The van der Waals surface area contributed by atoms with E-state index in [1.54, 1.807) is 0 Å². The van der Waals surface area contributed by atoms with E-state index in [4.69, 9.17) is 22.1 Å². The molecule has 0 bridgehead atoms. The molecule has 1 aliphatic heterocycles. The minimum atomic E-state index is -0.493. The highest BCUT2D eigenvalue weighted by Gasteiger charge is 2.28. The maximum atomic E-state index is 10.7. The van der Waals surface area contributed by atoms with Crippen LogP contribution in [0.3, 0.4) is 0 Å². The summed E-state index contributed by atoms with van der Waals surface area (Å²) in [6.07, 6.45) is 0.619. The van der Waals surface area contributed by atoms with E-state index in [1.165, 1.54) is 12.1 Å². The predicted molar refractivity (Wildman–Crippen MR) is 62.4 cm³/mol. The predicted octanol–water partition coefficient (Wildman–Crippen LogP) is 2.45. The number of nitrogens with two attached hydrogens (primary N) is 1. The standard InChI is InChI=1S/C9H9ClN2O3.ClH/c10-5-1-2-7(12(13)14)9-8(5)6(11)3-4-15-9;/h1-2,6H,3-4,11H2;1H/t6-;/m0./s1. The molecular formula is C9H10Cl2N2O3. The molecule has 1 atom stereocenters.